The van der Waals surface area contributed by atoms with Crippen LogP contribution in [0.5, 0.6) is 5.88 Å². The lowest BCUT2D eigenvalue weighted by atomic mass is 9.88. The number of aromatic nitrogens is 1. The number of carbonyl (C=O) groups excluding carboxylic acids is 1. The van der Waals surface area contributed by atoms with Gasteiger partial charge in [0.1, 0.15) is 0 Å². The highest BCUT2D eigenvalue weighted by Gasteiger charge is 2.32. The molecule has 1 aromatic heterocycles. The third-order valence-corrected chi connectivity index (χ3v) is 3.89. The van der Waals surface area contributed by atoms with Crippen LogP contribution in [0.15, 0.2) is 30.9 Å². The van der Waals surface area contributed by atoms with Crippen molar-refractivity contribution in [2.75, 3.05) is 13.1 Å². The number of alkyl halides is 2. The topological polar surface area (TPSA) is 62.7 Å². The second-order valence-electron chi connectivity index (χ2n) is 5.62. The molecule has 5 nitrogen and oxygen atoms in total. The van der Waals surface area contributed by atoms with E-state index in [0.717, 1.165) is 0 Å². The Morgan fingerprint density at radius 2 is 2.17 bits per heavy atom. The number of pyridine rings is 1. The molecule has 1 aliphatic rings. The average molecular weight is 326 g/mol. The number of rotatable bonds is 6. The number of hydrogen-bond donors (Lipinski definition) is 1. The van der Waals surface area contributed by atoms with E-state index >= 15 is 0 Å². The maximum Gasteiger partial charge on any atom is 0.388 e. The Bertz CT molecular complexity index is 558. The number of piperidine rings is 1. The molecule has 0 atom stereocenters. The molecule has 0 aromatic carbocycles. The van der Waals surface area contributed by atoms with Crippen molar-refractivity contribution in [1.29, 1.82) is 0 Å². The molecule has 1 N–H and O–H groups in total. The number of halogens is 2. The molecule has 1 saturated heterocycles. The Hall–Kier alpha value is -2.02. The third kappa shape index (κ3) is 4.99. The van der Waals surface area contributed by atoms with Crippen LogP contribution >= 0.6 is 0 Å². The average Bonchev–Trinajstić information content (AvgIpc) is 2.47. The van der Waals surface area contributed by atoms with Crippen molar-refractivity contribution in [2.45, 2.75) is 37.9 Å². The van der Waals surface area contributed by atoms with E-state index in [1.165, 1.54) is 12.1 Å². The molecule has 23 heavy (non-hydrogen) atoms. The first kappa shape index (κ1) is 17.3. The first-order valence-electron chi connectivity index (χ1n) is 7.44. The summed E-state index contributed by atoms with van der Waals surface area (Å²) < 4.78 is 28.6. The second kappa shape index (κ2) is 7.50. The molecule has 0 aliphatic carbocycles. The monoisotopic (exact) mass is 326 g/mol. The number of aliphatic hydroxyl groups is 1. The van der Waals surface area contributed by atoms with Crippen LogP contribution < -0.4 is 4.74 Å². The van der Waals surface area contributed by atoms with Gasteiger partial charge in [-0.3, -0.25) is 4.79 Å². The molecule has 0 radical (unpaired) electrons. The van der Waals surface area contributed by atoms with E-state index in [1.807, 2.05) is 0 Å². The molecule has 1 amide bonds. The lowest BCUT2D eigenvalue weighted by Gasteiger charge is -2.37. The molecule has 0 saturated carbocycles. The summed E-state index contributed by atoms with van der Waals surface area (Å²) in [5.74, 6) is -0.350. The zero-order valence-electron chi connectivity index (χ0n) is 12.8. The lowest BCUT2D eigenvalue weighted by Crippen LogP contribution is -2.46. The fourth-order valence-corrected chi connectivity index (χ4v) is 2.62. The molecule has 7 heteroatoms. The molecule has 2 heterocycles. The van der Waals surface area contributed by atoms with Gasteiger partial charge in [-0.2, -0.15) is 8.78 Å². The molecule has 2 rings (SSSR count). The molecule has 1 aliphatic heterocycles. The molecular formula is C16H20F2N2O3. The van der Waals surface area contributed by atoms with Gasteiger partial charge in [-0.15, -0.1) is 6.58 Å². The first-order valence-corrected chi connectivity index (χ1v) is 7.44. The van der Waals surface area contributed by atoms with Gasteiger partial charge in [-0.05, 0) is 25.3 Å². The van der Waals surface area contributed by atoms with Gasteiger partial charge in [0.05, 0.1) is 17.7 Å². The van der Waals surface area contributed by atoms with Crippen molar-refractivity contribution in [1.82, 2.24) is 9.88 Å². The van der Waals surface area contributed by atoms with Gasteiger partial charge in [-0.25, -0.2) is 4.98 Å². The largest absolute Gasteiger partial charge is 0.417 e. The summed E-state index contributed by atoms with van der Waals surface area (Å²) in [5, 5.41) is 10.3. The van der Waals surface area contributed by atoms with Gasteiger partial charge in [0.15, 0.2) is 0 Å². The van der Waals surface area contributed by atoms with Crippen LogP contribution in [0.4, 0.5) is 8.78 Å². The van der Waals surface area contributed by atoms with E-state index in [-0.39, 0.29) is 18.2 Å². The van der Waals surface area contributed by atoms with Crippen molar-refractivity contribution in [3.63, 3.8) is 0 Å². The summed E-state index contributed by atoms with van der Waals surface area (Å²) in [6.07, 6.45) is 3.18. The number of nitrogens with zero attached hydrogens (tertiary/aromatic N) is 2. The minimum Gasteiger partial charge on any atom is -0.417 e. The Morgan fingerprint density at radius 1 is 1.48 bits per heavy atom. The van der Waals surface area contributed by atoms with Crippen molar-refractivity contribution in [3.8, 4) is 5.88 Å². The van der Waals surface area contributed by atoms with E-state index in [1.54, 1.807) is 17.0 Å². The molecule has 0 bridgehead atoms. The van der Waals surface area contributed by atoms with Crippen molar-refractivity contribution >= 4 is 5.91 Å². The van der Waals surface area contributed by atoms with Crippen molar-refractivity contribution in [2.24, 2.45) is 0 Å². The quantitative estimate of drug-likeness (QED) is 0.814. The number of likely N-dealkylation sites (tertiary alicyclic amines) is 1. The summed E-state index contributed by atoms with van der Waals surface area (Å²) in [6, 6.07) is 4.43. The number of hydrogen-bond acceptors (Lipinski definition) is 4. The van der Waals surface area contributed by atoms with E-state index in [9.17, 15) is 18.7 Å². The molecule has 0 spiro atoms. The van der Waals surface area contributed by atoms with Gasteiger partial charge >= 0.3 is 6.61 Å². The van der Waals surface area contributed by atoms with Crippen molar-refractivity contribution < 1.29 is 23.4 Å². The molecule has 0 unspecified atom stereocenters. The van der Waals surface area contributed by atoms with Crippen LogP contribution in [0, 0.1) is 0 Å². The Kier molecular flexibility index (Phi) is 5.65. The minimum absolute atomic E-state index is 0.0142. The maximum absolute atomic E-state index is 12.3. The van der Waals surface area contributed by atoms with E-state index < -0.39 is 12.2 Å². The van der Waals surface area contributed by atoms with Crippen LogP contribution in [0.1, 0.15) is 25.0 Å². The smallest absolute Gasteiger partial charge is 0.388 e. The number of carbonyl (C=O) groups is 1. The molecular weight excluding hydrogens is 306 g/mol. The number of amides is 1. The standard InChI is InChI=1S/C16H20F2N2O3/c1-2-6-16(22)7-9-20(10-8-16)14(21)11-12-4-3-5-13(19-12)23-15(17)18/h2-5,15,22H,1,6-11H2. The normalized spacial score (nSPS) is 17.1. The summed E-state index contributed by atoms with van der Waals surface area (Å²) >= 11 is 0. The van der Waals surface area contributed by atoms with Crippen molar-refractivity contribution in [3.05, 3.63) is 36.5 Å². The van der Waals surface area contributed by atoms with Crippen LogP contribution in [-0.2, 0) is 11.2 Å². The Balaban J connectivity index is 1.91. The van der Waals surface area contributed by atoms with Crippen LogP contribution in [-0.4, -0.2) is 46.2 Å². The highest BCUT2D eigenvalue weighted by molar-refractivity contribution is 5.78. The fraction of sp³-hybridized carbons (Fsp3) is 0.500. The van der Waals surface area contributed by atoms with Gasteiger partial charge in [0.2, 0.25) is 11.8 Å². The van der Waals surface area contributed by atoms with E-state index in [0.29, 0.717) is 38.0 Å². The Labute approximate surface area is 133 Å². The first-order chi connectivity index (χ1) is 10.9. The summed E-state index contributed by atoms with van der Waals surface area (Å²) in [4.78, 5) is 17.8. The summed E-state index contributed by atoms with van der Waals surface area (Å²) in [7, 11) is 0. The zero-order valence-corrected chi connectivity index (χ0v) is 12.8. The van der Waals surface area contributed by atoms with Crippen LogP contribution in [0.25, 0.3) is 0 Å². The highest BCUT2D eigenvalue weighted by atomic mass is 19.3. The lowest BCUT2D eigenvalue weighted by molar-refractivity contribution is -0.134. The van der Waals surface area contributed by atoms with Gasteiger partial charge in [0, 0.05) is 19.2 Å². The minimum atomic E-state index is -2.95. The fourth-order valence-electron chi connectivity index (χ4n) is 2.62. The third-order valence-electron chi connectivity index (χ3n) is 3.89. The molecule has 1 aromatic rings. The molecule has 1 fully saturated rings. The van der Waals surface area contributed by atoms with Gasteiger partial charge in [-0.1, -0.05) is 12.1 Å². The predicted octanol–water partition coefficient (Wildman–Crippen LogP) is 2.16. The van der Waals surface area contributed by atoms with Crippen LogP contribution in [0.3, 0.4) is 0 Å². The summed E-state index contributed by atoms with van der Waals surface area (Å²) in [6.45, 7) is 1.59. The highest BCUT2D eigenvalue weighted by Crippen LogP contribution is 2.26. The second-order valence-corrected chi connectivity index (χ2v) is 5.62. The van der Waals surface area contributed by atoms with Gasteiger partial charge < -0.3 is 14.7 Å². The predicted molar refractivity (Wildman–Crippen MR) is 80.2 cm³/mol. The van der Waals surface area contributed by atoms with Crippen LogP contribution in [0.2, 0.25) is 0 Å². The van der Waals surface area contributed by atoms with E-state index in [4.69, 9.17) is 0 Å². The zero-order chi connectivity index (χ0) is 16.9. The van der Waals surface area contributed by atoms with E-state index in [2.05, 4.69) is 16.3 Å². The maximum atomic E-state index is 12.3. The summed E-state index contributed by atoms with van der Waals surface area (Å²) in [5.41, 5.74) is -0.415. The van der Waals surface area contributed by atoms with Gasteiger partial charge in [0.25, 0.3) is 0 Å². The Morgan fingerprint density at radius 3 is 2.78 bits per heavy atom. The SMILES string of the molecule is C=CCC1(O)CCN(C(=O)Cc2cccc(OC(F)F)n2)CC1. The molecule has 126 valence electrons. The number of ether oxygens (including phenoxy) is 1.